The first-order chi connectivity index (χ1) is 10.9. The van der Waals surface area contributed by atoms with Gasteiger partial charge in [0.25, 0.3) is 0 Å². The lowest BCUT2D eigenvalue weighted by molar-refractivity contribution is 0.138. The molecule has 2 aromatic rings. The lowest BCUT2D eigenvalue weighted by Gasteiger charge is -2.32. The largest absolute Gasteiger partial charge is 0.421 e. The van der Waals surface area contributed by atoms with Crippen molar-refractivity contribution < 1.29 is 12.8 Å². The first kappa shape index (κ1) is 16.2. The maximum atomic E-state index is 12.0. The fraction of sp³-hybridized carbons (Fsp3) is 0.533. The molecule has 0 spiro atoms. The van der Waals surface area contributed by atoms with Gasteiger partial charge in [0.2, 0.25) is 10.0 Å². The SMILES string of the molecule is CS(=O)(=O)NC[C@@H]1CCCN(Cn2c(=O)oc3ccccc32)C1. The Morgan fingerprint density at radius 1 is 1.35 bits per heavy atom. The van der Waals surface area contributed by atoms with Gasteiger partial charge >= 0.3 is 5.76 Å². The molecule has 23 heavy (non-hydrogen) atoms. The molecule has 0 unspecified atom stereocenters. The molecule has 0 amide bonds. The normalized spacial score (nSPS) is 20.1. The average Bonchev–Trinajstić information content (AvgIpc) is 2.81. The molecule has 1 aromatic carbocycles. The zero-order valence-electron chi connectivity index (χ0n) is 13.1. The highest BCUT2D eigenvalue weighted by molar-refractivity contribution is 7.88. The molecular formula is C15H21N3O4S. The number of oxazole rings is 1. The Hall–Kier alpha value is -1.64. The van der Waals surface area contributed by atoms with E-state index in [9.17, 15) is 13.2 Å². The summed E-state index contributed by atoms with van der Waals surface area (Å²) in [7, 11) is -3.17. The van der Waals surface area contributed by atoms with E-state index < -0.39 is 10.0 Å². The molecule has 1 fully saturated rings. The molecule has 1 saturated heterocycles. The van der Waals surface area contributed by atoms with Crippen LogP contribution in [0.1, 0.15) is 12.8 Å². The standard InChI is InChI=1S/C15H21N3O4S/c1-23(20,21)16-9-12-5-4-8-17(10-12)11-18-13-6-2-3-7-14(13)22-15(18)19/h2-3,6-7,12,16H,4-5,8-11H2,1H3/t12-/m0/s1. The van der Waals surface area contributed by atoms with Crippen LogP contribution in [-0.2, 0) is 16.7 Å². The van der Waals surface area contributed by atoms with Crippen LogP contribution in [0.3, 0.4) is 0 Å². The molecule has 1 N–H and O–H groups in total. The van der Waals surface area contributed by atoms with E-state index in [2.05, 4.69) is 9.62 Å². The van der Waals surface area contributed by atoms with Crippen molar-refractivity contribution in [3.05, 3.63) is 34.8 Å². The Bertz CT molecular complexity index is 840. The van der Waals surface area contributed by atoms with E-state index in [0.29, 0.717) is 18.8 Å². The van der Waals surface area contributed by atoms with Gasteiger partial charge in [-0.05, 0) is 37.4 Å². The summed E-state index contributed by atoms with van der Waals surface area (Å²) >= 11 is 0. The summed E-state index contributed by atoms with van der Waals surface area (Å²) in [6.07, 6.45) is 3.14. The maximum absolute atomic E-state index is 12.0. The first-order valence-corrected chi connectivity index (χ1v) is 9.57. The Morgan fingerprint density at radius 3 is 2.91 bits per heavy atom. The second-order valence-electron chi connectivity index (χ2n) is 6.11. The molecule has 2 heterocycles. The predicted molar refractivity (Wildman–Crippen MR) is 87.6 cm³/mol. The Balaban J connectivity index is 1.69. The number of sulfonamides is 1. The van der Waals surface area contributed by atoms with Crippen LogP contribution in [0.4, 0.5) is 0 Å². The average molecular weight is 339 g/mol. The topological polar surface area (TPSA) is 84.5 Å². The summed E-state index contributed by atoms with van der Waals surface area (Å²) in [5.74, 6) is -0.102. The zero-order valence-corrected chi connectivity index (χ0v) is 13.9. The second kappa shape index (κ2) is 6.46. The van der Waals surface area contributed by atoms with Crippen molar-refractivity contribution in [1.29, 1.82) is 0 Å². The Kier molecular flexibility index (Phi) is 4.56. The van der Waals surface area contributed by atoms with Crippen LogP contribution in [-0.4, -0.2) is 43.8 Å². The van der Waals surface area contributed by atoms with E-state index in [1.54, 1.807) is 10.6 Å². The lowest BCUT2D eigenvalue weighted by atomic mass is 9.99. The van der Waals surface area contributed by atoms with Crippen LogP contribution < -0.4 is 10.5 Å². The number of benzene rings is 1. The lowest BCUT2D eigenvalue weighted by Crippen LogP contribution is -2.42. The molecule has 0 bridgehead atoms. The van der Waals surface area contributed by atoms with Crippen molar-refractivity contribution in [2.75, 3.05) is 25.9 Å². The van der Waals surface area contributed by atoms with E-state index in [1.165, 1.54) is 6.26 Å². The number of nitrogens with one attached hydrogen (secondary N) is 1. The fourth-order valence-corrected chi connectivity index (χ4v) is 3.60. The van der Waals surface area contributed by atoms with E-state index in [1.807, 2.05) is 18.2 Å². The minimum atomic E-state index is -3.17. The zero-order chi connectivity index (χ0) is 16.4. The van der Waals surface area contributed by atoms with Crippen LogP contribution in [0.2, 0.25) is 0 Å². The molecule has 1 aliphatic heterocycles. The molecule has 126 valence electrons. The molecule has 1 aliphatic rings. The van der Waals surface area contributed by atoms with Gasteiger partial charge in [0, 0.05) is 13.1 Å². The molecule has 1 atom stereocenters. The number of hydrogen-bond acceptors (Lipinski definition) is 5. The summed E-state index contributed by atoms with van der Waals surface area (Å²) in [4.78, 5) is 14.2. The third-order valence-electron chi connectivity index (χ3n) is 4.15. The second-order valence-corrected chi connectivity index (χ2v) is 7.94. The van der Waals surface area contributed by atoms with Crippen molar-refractivity contribution >= 4 is 21.1 Å². The quantitative estimate of drug-likeness (QED) is 0.871. The molecule has 1 aromatic heterocycles. The van der Waals surface area contributed by atoms with Gasteiger partial charge in [0.1, 0.15) is 0 Å². The van der Waals surface area contributed by atoms with E-state index in [-0.39, 0.29) is 11.7 Å². The summed E-state index contributed by atoms with van der Waals surface area (Å²) < 4.78 is 31.9. The smallest absolute Gasteiger partial charge is 0.408 e. The van der Waals surface area contributed by atoms with Crippen LogP contribution in [0, 0.1) is 5.92 Å². The third-order valence-corrected chi connectivity index (χ3v) is 4.84. The molecule has 0 radical (unpaired) electrons. The monoisotopic (exact) mass is 339 g/mol. The highest BCUT2D eigenvalue weighted by Crippen LogP contribution is 2.18. The molecular weight excluding hydrogens is 318 g/mol. The number of aromatic nitrogens is 1. The van der Waals surface area contributed by atoms with Crippen molar-refractivity contribution in [3.63, 3.8) is 0 Å². The number of nitrogens with zero attached hydrogens (tertiary/aromatic N) is 2. The molecule has 8 heteroatoms. The molecule has 3 rings (SSSR count). The number of hydrogen-bond donors (Lipinski definition) is 1. The minimum absolute atomic E-state index is 0.257. The van der Waals surface area contributed by atoms with Crippen LogP contribution in [0.15, 0.2) is 33.5 Å². The van der Waals surface area contributed by atoms with Gasteiger partial charge < -0.3 is 4.42 Å². The van der Waals surface area contributed by atoms with Gasteiger partial charge in [-0.15, -0.1) is 0 Å². The Labute approximate surface area is 134 Å². The van der Waals surface area contributed by atoms with Crippen molar-refractivity contribution in [2.24, 2.45) is 5.92 Å². The number of rotatable bonds is 5. The number of piperidine rings is 1. The van der Waals surface area contributed by atoms with Crippen molar-refractivity contribution in [3.8, 4) is 0 Å². The van der Waals surface area contributed by atoms with Crippen LogP contribution in [0.5, 0.6) is 0 Å². The molecule has 0 aliphatic carbocycles. The van der Waals surface area contributed by atoms with Gasteiger partial charge in [-0.25, -0.2) is 17.9 Å². The van der Waals surface area contributed by atoms with Crippen molar-refractivity contribution in [1.82, 2.24) is 14.2 Å². The highest BCUT2D eigenvalue weighted by atomic mass is 32.2. The minimum Gasteiger partial charge on any atom is -0.408 e. The summed E-state index contributed by atoms with van der Waals surface area (Å²) in [5.41, 5.74) is 1.37. The van der Waals surface area contributed by atoms with Gasteiger partial charge in [0.15, 0.2) is 5.58 Å². The highest BCUT2D eigenvalue weighted by Gasteiger charge is 2.22. The van der Waals surface area contributed by atoms with Gasteiger partial charge in [0.05, 0.1) is 18.4 Å². The van der Waals surface area contributed by atoms with Crippen LogP contribution >= 0.6 is 0 Å². The summed E-state index contributed by atoms with van der Waals surface area (Å²) in [6, 6.07) is 7.36. The summed E-state index contributed by atoms with van der Waals surface area (Å²) in [5, 5.41) is 0. The van der Waals surface area contributed by atoms with Gasteiger partial charge in [-0.3, -0.25) is 9.47 Å². The van der Waals surface area contributed by atoms with Crippen molar-refractivity contribution in [2.45, 2.75) is 19.5 Å². The third kappa shape index (κ3) is 4.01. The summed E-state index contributed by atoms with van der Waals surface area (Å²) in [6.45, 7) is 2.55. The van der Waals surface area contributed by atoms with Gasteiger partial charge in [-0.1, -0.05) is 12.1 Å². The van der Waals surface area contributed by atoms with Gasteiger partial charge in [-0.2, -0.15) is 0 Å². The van der Waals surface area contributed by atoms with E-state index >= 15 is 0 Å². The predicted octanol–water partition coefficient (Wildman–Crippen LogP) is 0.813. The Morgan fingerprint density at radius 2 is 2.13 bits per heavy atom. The number of fused-ring (bicyclic) bond motifs is 1. The van der Waals surface area contributed by atoms with E-state index in [4.69, 9.17) is 4.42 Å². The fourth-order valence-electron chi connectivity index (χ4n) is 3.06. The first-order valence-electron chi connectivity index (χ1n) is 7.68. The molecule has 0 saturated carbocycles. The maximum Gasteiger partial charge on any atom is 0.421 e. The van der Waals surface area contributed by atoms with Crippen LogP contribution in [0.25, 0.3) is 11.1 Å². The van der Waals surface area contributed by atoms with E-state index in [0.717, 1.165) is 31.4 Å². The molecule has 7 nitrogen and oxygen atoms in total. The number of para-hydroxylation sites is 2. The number of likely N-dealkylation sites (tertiary alicyclic amines) is 1.